The van der Waals surface area contributed by atoms with E-state index in [0.29, 0.717) is 13.0 Å². The van der Waals surface area contributed by atoms with Gasteiger partial charge in [0.2, 0.25) is 0 Å². The van der Waals surface area contributed by atoms with Gasteiger partial charge >= 0.3 is 0 Å². The third-order valence-electron chi connectivity index (χ3n) is 4.06. The fourth-order valence-electron chi connectivity index (χ4n) is 2.78. The molecule has 20 heavy (non-hydrogen) atoms. The molecule has 1 saturated heterocycles. The van der Waals surface area contributed by atoms with Crippen molar-refractivity contribution in [3.63, 3.8) is 0 Å². The third-order valence-corrected chi connectivity index (χ3v) is 5.03. The summed E-state index contributed by atoms with van der Waals surface area (Å²) in [6.07, 6.45) is 2.28. The molecule has 1 aromatic heterocycles. The Morgan fingerprint density at radius 3 is 2.95 bits per heavy atom. The van der Waals surface area contributed by atoms with E-state index in [-0.39, 0.29) is 5.91 Å². The first-order valence-corrected chi connectivity index (χ1v) is 7.93. The summed E-state index contributed by atoms with van der Waals surface area (Å²) in [7, 11) is 0. The maximum atomic E-state index is 12.7. The molecule has 106 valence electrons. The van der Waals surface area contributed by atoms with Crippen LogP contribution in [-0.2, 0) is 0 Å². The van der Waals surface area contributed by atoms with E-state index in [0.717, 1.165) is 35.0 Å². The molecule has 1 fully saturated rings. The fourth-order valence-corrected chi connectivity index (χ4v) is 3.71. The number of carbonyl (C=O) groups excluding carboxylic acids is 1. The maximum absolute atomic E-state index is 12.7. The van der Waals surface area contributed by atoms with Crippen LogP contribution in [0.3, 0.4) is 0 Å². The number of hydrogen-bond donors (Lipinski definition) is 1. The van der Waals surface area contributed by atoms with Crippen LogP contribution in [-0.4, -0.2) is 34.6 Å². The highest BCUT2D eigenvalue weighted by Gasteiger charge is 2.28. The van der Waals surface area contributed by atoms with Crippen LogP contribution in [0.5, 0.6) is 0 Å². The standard InChI is InChI=1S/C16H19NO2S/c1-16(19)7-4-9-17(10-8-16)15(18)13-11-20-14-6-3-2-5-12(13)14/h2-3,5-6,11,19H,4,7-10H2,1H3. The van der Waals surface area contributed by atoms with E-state index >= 15 is 0 Å². The molecule has 3 rings (SSSR count). The van der Waals surface area contributed by atoms with Crippen molar-refractivity contribution in [2.24, 2.45) is 0 Å². The second-order valence-corrected chi connectivity index (χ2v) is 6.70. The molecule has 1 aromatic carbocycles. The lowest BCUT2D eigenvalue weighted by Crippen LogP contribution is -2.33. The Morgan fingerprint density at radius 2 is 2.10 bits per heavy atom. The van der Waals surface area contributed by atoms with Gasteiger partial charge in [0, 0.05) is 28.6 Å². The normalized spacial score (nSPS) is 23.8. The van der Waals surface area contributed by atoms with Crippen LogP contribution in [0.4, 0.5) is 0 Å². The molecule has 1 unspecified atom stereocenters. The number of amides is 1. The van der Waals surface area contributed by atoms with Gasteiger partial charge in [-0.1, -0.05) is 18.2 Å². The molecule has 0 bridgehead atoms. The van der Waals surface area contributed by atoms with Crippen molar-refractivity contribution in [1.29, 1.82) is 0 Å². The predicted molar refractivity (Wildman–Crippen MR) is 82.2 cm³/mol. The van der Waals surface area contributed by atoms with Gasteiger partial charge in [-0.05, 0) is 32.3 Å². The van der Waals surface area contributed by atoms with Crippen LogP contribution in [0.1, 0.15) is 36.5 Å². The summed E-state index contributed by atoms with van der Waals surface area (Å²) in [5.41, 5.74) is 0.165. The lowest BCUT2D eigenvalue weighted by atomic mass is 9.98. The third kappa shape index (κ3) is 2.58. The number of thiophene rings is 1. The first-order valence-electron chi connectivity index (χ1n) is 7.05. The van der Waals surface area contributed by atoms with Crippen LogP contribution >= 0.6 is 11.3 Å². The Morgan fingerprint density at radius 1 is 1.30 bits per heavy atom. The van der Waals surface area contributed by atoms with Crippen LogP contribution in [0.15, 0.2) is 29.6 Å². The number of carbonyl (C=O) groups is 1. The molecular weight excluding hydrogens is 270 g/mol. The Balaban J connectivity index is 1.85. The summed E-state index contributed by atoms with van der Waals surface area (Å²) in [4.78, 5) is 14.6. The van der Waals surface area contributed by atoms with Crippen LogP contribution in [0.25, 0.3) is 10.1 Å². The van der Waals surface area contributed by atoms with Gasteiger partial charge in [-0.15, -0.1) is 11.3 Å². The van der Waals surface area contributed by atoms with Crippen molar-refractivity contribution in [1.82, 2.24) is 4.90 Å². The van der Waals surface area contributed by atoms with Gasteiger partial charge in [0.15, 0.2) is 0 Å². The molecule has 0 spiro atoms. The van der Waals surface area contributed by atoms with Crippen LogP contribution in [0, 0.1) is 0 Å². The van der Waals surface area contributed by atoms with E-state index < -0.39 is 5.60 Å². The Bertz CT molecular complexity index is 632. The topological polar surface area (TPSA) is 40.5 Å². The molecular formula is C16H19NO2S. The van der Waals surface area contributed by atoms with Gasteiger partial charge in [-0.3, -0.25) is 4.79 Å². The first-order chi connectivity index (χ1) is 9.57. The number of benzene rings is 1. The first kappa shape index (κ1) is 13.6. The summed E-state index contributed by atoms with van der Waals surface area (Å²) >= 11 is 1.61. The molecule has 1 N–H and O–H groups in total. The smallest absolute Gasteiger partial charge is 0.255 e. The maximum Gasteiger partial charge on any atom is 0.255 e. The molecule has 1 atom stereocenters. The van der Waals surface area contributed by atoms with Gasteiger partial charge in [0.25, 0.3) is 5.91 Å². The lowest BCUT2D eigenvalue weighted by molar-refractivity contribution is 0.0438. The summed E-state index contributed by atoms with van der Waals surface area (Å²) in [5, 5.41) is 13.1. The summed E-state index contributed by atoms with van der Waals surface area (Å²) < 4.78 is 1.15. The van der Waals surface area contributed by atoms with Gasteiger partial charge in [0.05, 0.1) is 11.2 Å². The molecule has 2 aromatic rings. The Labute approximate surface area is 122 Å². The van der Waals surface area contributed by atoms with Gasteiger partial charge in [-0.2, -0.15) is 0 Å². The quantitative estimate of drug-likeness (QED) is 0.875. The molecule has 1 amide bonds. The minimum absolute atomic E-state index is 0.0974. The molecule has 1 aliphatic heterocycles. The van der Waals surface area contributed by atoms with Crippen molar-refractivity contribution < 1.29 is 9.90 Å². The SMILES string of the molecule is CC1(O)CCCN(C(=O)c2csc3ccccc23)CC1. The molecule has 4 heteroatoms. The second kappa shape index (κ2) is 5.19. The molecule has 0 aliphatic carbocycles. The van der Waals surface area contributed by atoms with Crippen molar-refractivity contribution in [3.8, 4) is 0 Å². The predicted octanol–water partition coefficient (Wildman–Crippen LogP) is 3.28. The average molecular weight is 289 g/mol. The highest BCUT2D eigenvalue weighted by atomic mass is 32.1. The number of fused-ring (bicyclic) bond motifs is 1. The van der Waals surface area contributed by atoms with Gasteiger partial charge < -0.3 is 10.0 Å². The van der Waals surface area contributed by atoms with Crippen molar-refractivity contribution >= 4 is 27.3 Å². The summed E-state index contributed by atoms with van der Waals surface area (Å²) in [6.45, 7) is 3.23. The minimum Gasteiger partial charge on any atom is -0.390 e. The summed E-state index contributed by atoms with van der Waals surface area (Å²) in [6, 6.07) is 8.02. The van der Waals surface area contributed by atoms with E-state index in [1.54, 1.807) is 11.3 Å². The molecule has 2 heterocycles. The highest BCUT2D eigenvalue weighted by Crippen LogP contribution is 2.28. The van der Waals surface area contributed by atoms with Gasteiger partial charge in [0.1, 0.15) is 0 Å². The molecule has 1 aliphatic rings. The number of aliphatic hydroxyl groups is 1. The number of hydrogen-bond acceptors (Lipinski definition) is 3. The number of likely N-dealkylation sites (tertiary alicyclic amines) is 1. The zero-order valence-electron chi connectivity index (χ0n) is 11.6. The fraction of sp³-hybridized carbons (Fsp3) is 0.438. The van der Waals surface area contributed by atoms with Crippen molar-refractivity contribution in [3.05, 3.63) is 35.2 Å². The average Bonchev–Trinajstić information content (AvgIpc) is 2.77. The Hall–Kier alpha value is -1.39. The van der Waals surface area contributed by atoms with Crippen molar-refractivity contribution in [2.75, 3.05) is 13.1 Å². The summed E-state index contributed by atoms with van der Waals surface area (Å²) in [5.74, 6) is 0.0974. The number of rotatable bonds is 1. The van der Waals surface area contributed by atoms with Crippen molar-refractivity contribution in [2.45, 2.75) is 31.8 Å². The monoisotopic (exact) mass is 289 g/mol. The van der Waals surface area contributed by atoms with E-state index in [1.807, 2.05) is 41.5 Å². The lowest BCUT2D eigenvalue weighted by Gasteiger charge is -2.22. The van der Waals surface area contributed by atoms with Gasteiger partial charge in [-0.25, -0.2) is 0 Å². The van der Waals surface area contributed by atoms with E-state index in [1.165, 1.54) is 0 Å². The van der Waals surface area contributed by atoms with Crippen LogP contribution in [0.2, 0.25) is 0 Å². The second-order valence-electron chi connectivity index (χ2n) is 5.79. The Kier molecular flexibility index (Phi) is 3.52. The zero-order valence-corrected chi connectivity index (χ0v) is 12.4. The van der Waals surface area contributed by atoms with E-state index in [2.05, 4.69) is 0 Å². The van der Waals surface area contributed by atoms with Crippen LogP contribution < -0.4 is 0 Å². The highest BCUT2D eigenvalue weighted by molar-refractivity contribution is 7.17. The van der Waals surface area contributed by atoms with E-state index in [4.69, 9.17) is 0 Å². The van der Waals surface area contributed by atoms with E-state index in [9.17, 15) is 9.90 Å². The number of nitrogens with zero attached hydrogens (tertiary/aromatic N) is 1. The minimum atomic E-state index is -0.633. The largest absolute Gasteiger partial charge is 0.390 e. The molecule has 0 radical (unpaired) electrons. The molecule has 3 nitrogen and oxygen atoms in total. The zero-order chi connectivity index (χ0) is 14.2. The molecule has 0 saturated carbocycles.